The number of carbonyl (C=O) groups excluding carboxylic acids is 1. The molecular formula is C17H16N2O6. The molecule has 2 rings (SSSR count). The van der Waals surface area contributed by atoms with Crippen LogP contribution in [-0.2, 0) is 11.2 Å². The molecule has 8 nitrogen and oxygen atoms in total. The lowest BCUT2D eigenvalue weighted by Gasteiger charge is -2.16. The molecule has 0 aliphatic rings. The van der Waals surface area contributed by atoms with Crippen molar-refractivity contribution in [1.29, 1.82) is 0 Å². The van der Waals surface area contributed by atoms with Crippen LogP contribution in [0.4, 0.5) is 5.69 Å². The number of carbonyl (C=O) groups is 2. The van der Waals surface area contributed by atoms with E-state index in [-0.39, 0.29) is 17.7 Å². The summed E-state index contributed by atoms with van der Waals surface area (Å²) in [5.41, 5.74) is 0.390. The molecule has 0 unspecified atom stereocenters. The number of benzene rings is 2. The summed E-state index contributed by atoms with van der Waals surface area (Å²) in [5.74, 6) is -1.41. The van der Waals surface area contributed by atoms with Crippen molar-refractivity contribution in [3.8, 4) is 5.75 Å². The summed E-state index contributed by atoms with van der Waals surface area (Å²) in [7, 11) is 1.47. The number of carboxylic acid groups (broad SMARTS) is 1. The third-order valence-electron chi connectivity index (χ3n) is 3.54. The van der Waals surface area contributed by atoms with Gasteiger partial charge in [-0.15, -0.1) is 0 Å². The molecule has 0 heterocycles. The van der Waals surface area contributed by atoms with Crippen molar-refractivity contribution in [2.75, 3.05) is 7.11 Å². The Hall–Kier alpha value is -3.42. The Morgan fingerprint density at radius 2 is 1.96 bits per heavy atom. The summed E-state index contributed by atoms with van der Waals surface area (Å²) in [5, 5.41) is 22.5. The van der Waals surface area contributed by atoms with Crippen LogP contribution in [0.15, 0.2) is 48.5 Å². The zero-order valence-electron chi connectivity index (χ0n) is 13.3. The normalized spacial score (nSPS) is 11.4. The lowest BCUT2D eigenvalue weighted by molar-refractivity contribution is -0.384. The summed E-state index contributed by atoms with van der Waals surface area (Å²) >= 11 is 0. The molecule has 0 radical (unpaired) electrons. The second-order valence-electron chi connectivity index (χ2n) is 5.19. The molecule has 0 fully saturated rings. The Balaban J connectivity index is 2.19. The maximum atomic E-state index is 12.3. The zero-order chi connectivity index (χ0) is 18.4. The second-order valence-corrected chi connectivity index (χ2v) is 5.19. The van der Waals surface area contributed by atoms with E-state index in [1.807, 2.05) is 0 Å². The van der Waals surface area contributed by atoms with E-state index in [1.54, 1.807) is 24.3 Å². The van der Waals surface area contributed by atoms with Crippen LogP contribution in [0.2, 0.25) is 0 Å². The molecule has 25 heavy (non-hydrogen) atoms. The van der Waals surface area contributed by atoms with Crippen molar-refractivity contribution in [3.63, 3.8) is 0 Å². The number of para-hydroxylation sites is 1. The number of aliphatic carboxylic acids is 1. The number of hydrogen-bond donors (Lipinski definition) is 2. The summed E-state index contributed by atoms with van der Waals surface area (Å²) in [6.07, 6.45) is 0.0139. The monoisotopic (exact) mass is 344 g/mol. The van der Waals surface area contributed by atoms with Crippen molar-refractivity contribution < 1.29 is 24.4 Å². The van der Waals surface area contributed by atoms with Gasteiger partial charge in [0.2, 0.25) is 0 Å². The van der Waals surface area contributed by atoms with Gasteiger partial charge in [0.1, 0.15) is 11.8 Å². The molecule has 2 aromatic carbocycles. The molecule has 0 bridgehead atoms. The SMILES string of the molecule is COc1ccccc1C[C@H](NC(=O)c1cccc([N+](=O)[O-])c1)C(=O)O. The lowest BCUT2D eigenvalue weighted by atomic mass is 10.0. The van der Waals surface area contributed by atoms with Crippen molar-refractivity contribution in [2.45, 2.75) is 12.5 Å². The van der Waals surface area contributed by atoms with Crippen molar-refractivity contribution in [2.24, 2.45) is 0 Å². The molecule has 1 amide bonds. The molecule has 0 spiro atoms. The van der Waals surface area contributed by atoms with E-state index in [2.05, 4.69) is 5.32 Å². The van der Waals surface area contributed by atoms with Crippen LogP contribution in [0.25, 0.3) is 0 Å². The molecule has 0 aliphatic heterocycles. The highest BCUT2D eigenvalue weighted by atomic mass is 16.6. The number of ether oxygens (including phenoxy) is 1. The number of rotatable bonds is 7. The number of amides is 1. The van der Waals surface area contributed by atoms with E-state index >= 15 is 0 Å². The maximum Gasteiger partial charge on any atom is 0.326 e. The van der Waals surface area contributed by atoms with E-state index in [0.29, 0.717) is 11.3 Å². The summed E-state index contributed by atoms with van der Waals surface area (Å²) in [6.45, 7) is 0. The Kier molecular flexibility index (Phi) is 5.67. The topological polar surface area (TPSA) is 119 Å². The first-order valence-corrected chi connectivity index (χ1v) is 7.32. The molecule has 0 saturated heterocycles. The first-order chi connectivity index (χ1) is 11.9. The number of non-ortho nitro benzene ring substituents is 1. The van der Waals surface area contributed by atoms with Crippen LogP contribution in [0.3, 0.4) is 0 Å². The first-order valence-electron chi connectivity index (χ1n) is 7.32. The molecule has 0 aromatic heterocycles. The highest BCUT2D eigenvalue weighted by Crippen LogP contribution is 2.19. The molecule has 0 saturated carbocycles. The Morgan fingerprint density at radius 1 is 1.24 bits per heavy atom. The van der Waals surface area contributed by atoms with Gasteiger partial charge in [-0.05, 0) is 17.7 Å². The van der Waals surface area contributed by atoms with Crippen molar-refractivity contribution in [3.05, 3.63) is 69.8 Å². The number of nitro groups is 1. The van der Waals surface area contributed by atoms with Gasteiger partial charge in [-0.25, -0.2) is 4.79 Å². The van der Waals surface area contributed by atoms with Gasteiger partial charge in [0.05, 0.1) is 12.0 Å². The quantitative estimate of drug-likeness (QED) is 0.586. The molecule has 130 valence electrons. The number of methoxy groups -OCH3 is 1. The maximum absolute atomic E-state index is 12.3. The van der Waals surface area contributed by atoms with Crippen molar-refractivity contribution >= 4 is 17.6 Å². The first kappa shape index (κ1) is 17.9. The van der Waals surface area contributed by atoms with Crippen LogP contribution in [-0.4, -0.2) is 35.1 Å². The minimum atomic E-state index is -1.22. The Morgan fingerprint density at radius 3 is 2.60 bits per heavy atom. The fourth-order valence-electron chi connectivity index (χ4n) is 2.29. The van der Waals surface area contributed by atoms with E-state index in [9.17, 15) is 24.8 Å². The number of carboxylic acids is 1. The lowest BCUT2D eigenvalue weighted by Crippen LogP contribution is -2.42. The van der Waals surface area contributed by atoms with E-state index in [0.717, 1.165) is 6.07 Å². The molecule has 8 heteroatoms. The molecular weight excluding hydrogens is 328 g/mol. The van der Waals surface area contributed by atoms with E-state index in [1.165, 1.54) is 25.3 Å². The fraction of sp³-hybridized carbons (Fsp3) is 0.176. The smallest absolute Gasteiger partial charge is 0.326 e. The fourth-order valence-corrected chi connectivity index (χ4v) is 2.29. The van der Waals surface area contributed by atoms with Crippen molar-refractivity contribution in [1.82, 2.24) is 5.32 Å². The average Bonchev–Trinajstić information content (AvgIpc) is 2.61. The zero-order valence-corrected chi connectivity index (χ0v) is 13.3. The third-order valence-corrected chi connectivity index (χ3v) is 3.54. The number of nitrogens with zero attached hydrogens (tertiary/aromatic N) is 1. The largest absolute Gasteiger partial charge is 0.496 e. The second kappa shape index (κ2) is 7.91. The van der Waals surface area contributed by atoms with Gasteiger partial charge >= 0.3 is 5.97 Å². The summed E-state index contributed by atoms with van der Waals surface area (Å²) in [6, 6.07) is 10.8. The predicted octanol–water partition coefficient (Wildman–Crippen LogP) is 2.03. The van der Waals surface area contributed by atoms with Crippen LogP contribution in [0.5, 0.6) is 5.75 Å². The number of nitrogens with one attached hydrogen (secondary N) is 1. The highest BCUT2D eigenvalue weighted by molar-refractivity contribution is 5.97. The number of nitro benzene ring substituents is 1. The minimum absolute atomic E-state index is 0.0139. The Bertz CT molecular complexity index is 805. The Labute approximate surface area is 143 Å². The predicted molar refractivity (Wildman–Crippen MR) is 88.7 cm³/mol. The number of hydrogen-bond acceptors (Lipinski definition) is 5. The van der Waals surface area contributed by atoms with Crippen LogP contribution >= 0.6 is 0 Å². The summed E-state index contributed by atoms with van der Waals surface area (Å²) in [4.78, 5) is 33.9. The van der Waals surface area contributed by atoms with Gasteiger partial charge in [0.25, 0.3) is 11.6 Å². The molecule has 2 aromatic rings. The third kappa shape index (κ3) is 4.54. The molecule has 2 N–H and O–H groups in total. The van der Waals surface area contributed by atoms with E-state index < -0.39 is 22.8 Å². The average molecular weight is 344 g/mol. The van der Waals surface area contributed by atoms with Crippen LogP contribution in [0.1, 0.15) is 15.9 Å². The summed E-state index contributed by atoms with van der Waals surface area (Å²) < 4.78 is 5.18. The van der Waals surface area contributed by atoms with E-state index in [4.69, 9.17) is 4.74 Å². The highest BCUT2D eigenvalue weighted by Gasteiger charge is 2.23. The van der Waals surface area contributed by atoms with Gasteiger partial charge in [0.15, 0.2) is 0 Å². The van der Waals surface area contributed by atoms with Crippen LogP contribution < -0.4 is 10.1 Å². The van der Waals surface area contributed by atoms with Gasteiger partial charge < -0.3 is 15.2 Å². The van der Waals surface area contributed by atoms with Crippen LogP contribution in [0, 0.1) is 10.1 Å². The molecule has 1 atom stereocenters. The van der Waals surface area contributed by atoms with Gasteiger partial charge in [-0.1, -0.05) is 24.3 Å². The molecule has 0 aliphatic carbocycles. The standard InChI is InChI=1S/C17H16N2O6/c1-25-15-8-3-2-5-11(15)10-14(17(21)22)18-16(20)12-6-4-7-13(9-12)19(23)24/h2-9,14H,10H2,1H3,(H,18,20)(H,21,22)/t14-/m0/s1. The van der Waals surface area contributed by atoms with Gasteiger partial charge in [-0.3, -0.25) is 14.9 Å². The van der Waals surface area contributed by atoms with Gasteiger partial charge in [-0.2, -0.15) is 0 Å². The van der Waals surface area contributed by atoms with Gasteiger partial charge in [0, 0.05) is 24.1 Å². The minimum Gasteiger partial charge on any atom is -0.496 e.